The predicted octanol–water partition coefficient (Wildman–Crippen LogP) is 6.25. The van der Waals surface area contributed by atoms with Gasteiger partial charge in [0.2, 0.25) is 0 Å². The van der Waals surface area contributed by atoms with E-state index >= 15 is 0 Å². The van der Waals surface area contributed by atoms with Crippen molar-refractivity contribution in [1.82, 2.24) is 15.1 Å². The Bertz CT molecular complexity index is 1270. The average molecular weight is 457 g/mol. The number of fused-ring (bicyclic) bond motifs is 1. The van der Waals surface area contributed by atoms with E-state index in [1.807, 2.05) is 71.4 Å². The van der Waals surface area contributed by atoms with Crippen LogP contribution in [0.1, 0.15) is 46.9 Å². The summed E-state index contributed by atoms with van der Waals surface area (Å²) in [5.41, 5.74) is 4.83. The highest BCUT2D eigenvalue weighted by atomic mass is 35.5. The standard InChI is InChI=1S/C27H25ClN4O/c1-18-15-25(21-7-3-2-4-8-21)31-26-23(17-30-32(18)26)27(33)29-16-19-11-13-20(14-12-19)22-9-5-6-10-24(22)28/h2-14,17-18,25,31H,15-16H2,1H3,(H,29,33). The molecular weight excluding hydrogens is 432 g/mol. The van der Waals surface area contributed by atoms with Crippen molar-refractivity contribution < 1.29 is 4.79 Å². The second-order valence-electron chi connectivity index (χ2n) is 8.40. The Kier molecular flexibility index (Phi) is 5.88. The third-order valence-corrected chi connectivity index (χ3v) is 6.47. The van der Waals surface area contributed by atoms with Crippen molar-refractivity contribution in [3.05, 3.63) is 107 Å². The number of aromatic nitrogens is 2. The zero-order chi connectivity index (χ0) is 22.8. The molecule has 0 radical (unpaired) electrons. The maximum Gasteiger partial charge on any atom is 0.256 e. The molecule has 33 heavy (non-hydrogen) atoms. The minimum Gasteiger partial charge on any atom is -0.363 e. The number of hydrogen-bond acceptors (Lipinski definition) is 3. The van der Waals surface area contributed by atoms with Gasteiger partial charge in [0.25, 0.3) is 5.91 Å². The summed E-state index contributed by atoms with van der Waals surface area (Å²) < 4.78 is 1.91. The molecule has 0 saturated carbocycles. The van der Waals surface area contributed by atoms with E-state index in [1.54, 1.807) is 6.20 Å². The summed E-state index contributed by atoms with van der Waals surface area (Å²) in [6.45, 7) is 2.57. The molecule has 5 rings (SSSR count). The fourth-order valence-electron chi connectivity index (χ4n) is 4.35. The van der Waals surface area contributed by atoms with Crippen LogP contribution in [0, 0.1) is 0 Å². The summed E-state index contributed by atoms with van der Waals surface area (Å²) in [6, 6.07) is 26.5. The van der Waals surface area contributed by atoms with E-state index in [9.17, 15) is 4.79 Å². The van der Waals surface area contributed by atoms with E-state index < -0.39 is 0 Å². The molecule has 0 aliphatic carbocycles. The van der Waals surface area contributed by atoms with Crippen LogP contribution in [0.2, 0.25) is 5.02 Å². The van der Waals surface area contributed by atoms with E-state index in [0.717, 1.165) is 34.0 Å². The van der Waals surface area contributed by atoms with Crippen LogP contribution in [0.15, 0.2) is 85.1 Å². The molecule has 2 N–H and O–H groups in total. The molecule has 5 nitrogen and oxygen atoms in total. The molecule has 3 aromatic carbocycles. The molecule has 2 heterocycles. The van der Waals surface area contributed by atoms with Crippen LogP contribution in [-0.2, 0) is 6.54 Å². The maximum atomic E-state index is 13.0. The summed E-state index contributed by atoms with van der Waals surface area (Å²) in [7, 11) is 0. The topological polar surface area (TPSA) is 59.0 Å². The van der Waals surface area contributed by atoms with Crippen molar-refractivity contribution in [2.75, 3.05) is 5.32 Å². The van der Waals surface area contributed by atoms with Crippen molar-refractivity contribution in [2.24, 2.45) is 0 Å². The smallest absolute Gasteiger partial charge is 0.256 e. The number of carbonyl (C=O) groups is 1. The molecule has 2 atom stereocenters. The monoisotopic (exact) mass is 456 g/mol. The number of carbonyl (C=O) groups excluding carboxylic acids is 1. The van der Waals surface area contributed by atoms with Crippen LogP contribution in [0.4, 0.5) is 5.82 Å². The predicted molar refractivity (Wildman–Crippen MR) is 132 cm³/mol. The lowest BCUT2D eigenvalue weighted by Gasteiger charge is -2.31. The Morgan fingerprint density at radius 2 is 1.79 bits per heavy atom. The zero-order valence-electron chi connectivity index (χ0n) is 18.3. The normalized spacial score (nSPS) is 17.2. The summed E-state index contributed by atoms with van der Waals surface area (Å²) >= 11 is 6.31. The van der Waals surface area contributed by atoms with Crippen LogP contribution in [0.5, 0.6) is 0 Å². The summed E-state index contributed by atoms with van der Waals surface area (Å²) in [6.07, 6.45) is 2.57. The van der Waals surface area contributed by atoms with Gasteiger partial charge in [0.1, 0.15) is 11.4 Å². The Morgan fingerprint density at radius 3 is 2.55 bits per heavy atom. The van der Waals surface area contributed by atoms with Gasteiger partial charge in [-0.2, -0.15) is 5.10 Å². The van der Waals surface area contributed by atoms with Crippen LogP contribution < -0.4 is 10.6 Å². The van der Waals surface area contributed by atoms with E-state index in [0.29, 0.717) is 12.1 Å². The van der Waals surface area contributed by atoms with Crippen molar-refractivity contribution in [1.29, 1.82) is 0 Å². The highest BCUT2D eigenvalue weighted by Crippen LogP contribution is 2.36. The van der Waals surface area contributed by atoms with E-state index in [4.69, 9.17) is 11.6 Å². The van der Waals surface area contributed by atoms with E-state index in [-0.39, 0.29) is 18.0 Å². The van der Waals surface area contributed by atoms with E-state index in [1.165, 1.54) is 5.56 Å². The molecule has 1 aliphatic rings. The fraction of sp³-hybridized carbons (Fsp3) is 0.185. The Balaban J connectivity index is 1.28. The molecule has 166 valence electrons. The molecule has 2 unspecified atom stereocenters. The third-order valence-electron chi connectivity index (χ3n) is 6.14. The number of nitrogens with zero attached hydrogens (tertiary/aromatic N) is 2. The zero-order valence-corrected chi connectivity index (χ0v) is 19.1. The summed E-state index contributed by atoms with van der Waals surface area (Å²) in [5, 5.41) is 11.8. The number of rotatable bonds is 5. The first-order valence-electron chi connectivity index (χ1n) is 11.1. The molecule has 1 amide bonds. The third kappa shape index (κ3) is 4.37. The van der Waals surface area contributed by atoms with Crippen LogP contribution >= 0.6 is 11.6 Å². The number of anilines is 1. The van der Waals surface area contributed by atoms with Crippen molar-refractivity contribution in [2.45, 2.75) is 32.0 Å². The van der Waals surface area contributed by atoms with Gasteiger partial charge >= 0.3 is 0 Å². The van der Waals surface area contributed by atoms with Crippen molar-refractivity contribution in [3.63, 3.8) is 0 Å². The number of halogens is 1. The van der Waals surface area contributed by atoms with Gasteiger partial charge in [0, 0.05) is 17.1 Å². The van der Waals surface area contributed by atoms with Gasteiger partial charge in [-0.05, 0) is 36.1 Å². The minimum atomic E-state index is -0.139. The first kappa shape index (κ1) is 21.3. The molecule has 0 bridgehead atoms. The minimum absolute atomic E-state index is 0.139. The van der Waals surface area contributed by atoms with Crippen molar-refractivity contribution >= 4 is 23.3 Å². The van der Waals surface area contributed by atoms with Gasteiger partial charge < -0.3 is 10.6 Å². The average Bonchev–Trinajstić information content (AvgIpc) is 3.29. The Labute approximate surface area is 198 Å². The van der Waals surface area contributed by atoms with Gasteiger partial charge in [-0.25, -0.2) is 4.68 Å². The maximum absolute atomic E-state index is 13.0. The molecule has 0 saturated heterocycles. The van der Waals surface area contributed by atoms with Gasteiger partial charge in [-0.15, -0.1) is 0 Å². The molecule has 4 aromatic rings. The van der Waals surface area contributed by atoms with Gasteiger partial charge in [0.05, 0.1) is 18.3 Å². The van der Waals surface area contributed by atoms with Crippen LogP contribution in [-0.4, -0.2) is 15.7 Å². The quantitative estimate of drug-likeness (QED) is 0.373. The summed E-state index contributed by atoms with van der Waals surface area (Å²) in [5.74, 6) is 0.633. The number of hydrogen-bond donors (Lipinski definition) is 2. The molecule has 6 heteroatoms. The molecule has 1 aliphatic heterocycles. The number of benzene rings is 3. The first-order chi connectivity index (χ1) is 16.1. The fourth-order valence-corrected chi connectivity index (χ4v) is 4.60. The highest BCUT2D eigenvalue weighted by Gasteiger charge is 2.29. The molecule has 0 fully saturated rings. The van der Waals surface area contributed by atoms with E-state index in [2.05, 4.69) is 34.8 Å². The molecule has 1 aromatic heterocycles. The highest BCUT2D eigenvalue weighted by molar-refractivity contribution is 6.33. The first-order valence-corrected chi connectivity index (χ1v) is 11.5. The van der Waals surface area contributed by atoms with Gasteiger partial charge in [-0.1, -0.05) is 84.4 Å². The lowest BCUT2D eigenvalue weighted by Crippen LogP contribution is -2.28. The lowest BCUT2D eigenvalue weighted by molar-refractivity contribution is 0.0951. The summed E-state index contributed by atoms with van der Waals surface area (Å²) in [4.78, 5) is 13.0. The Hall–Kier alpha value is -3.57. The lowest BCUT2D eigenvalue weighted by atomic mass is 9.98. The largest absolute Gasteiger partial charge is 0.363 e. The Morgan fingerprint density at radius 1 is 1.06 bits per heavy atom. The van der Waals surface area contributed by atoms with Gasteiger partial charge in [0.15, 0.2) is 0 Å². The van der Waals surface area contributed by atoms with Gasteiger partial charge in [-0.3, -0.25) is 4.79 Å². The SMILES string of the molecule is CC1CC(c2ccccc2)Nc2c(C(=O)NCc3ccc(-c4ccccc4Cl)cc3)cnn21. The second-order valence-corrected chi connectivity index (χ2v) is 8.81. The van der Waals surface area contributed by atoms with Crippen LogP contribution in [0.25, 0.3) is 11.1 Å². The van der Waals surface area contributed by atoms with Crippen LogP contribution in [0.3, 0.4) is 0 Å². The second kappa shape index (κ2) is 9.12. The molecule has 0 spiro atoms. The van der Waals surface area contributed by atoms with Crippen molar-refractivity contribution in [3.8, 4) is 11.1 Å². The number of amides is 1. The molecular formula is C27H25ClN4O. The number of nitrogens with one attached hydrogen (secondary N) is 2.